The van der Waals surface area contributed by atoms with E-state index in [0.717, 1.165) is 0 Å². The van der Waals surface area contributed by atoms with Gasteiger partial charge in [0.15, 0.2) is 0 Å². The number of nitrogens with one attached hydrogen (secondary N) is 2. The highest BCUT2D eigenvalue weighted by Crippen LogP contribution is 2.26. The van der Waals surface area contributed by atoms with Crippen LogP contribution in [0.3, 0.4) is 0 Å². The number of amides is 1. The molecule has 0 spiro atoms. The molecule has 3 rings (SSSR count). The first kappa shape index (κ1) is 16.0. The van der Waals surface area contributed by atoms with Crippen LogP contribution in [0.1, 0.15) is 5.56 Å². The Kier molecular flexibility index (Phi) is 4.22. The molecular formula is C16H15N3O4S. The molecule has 0 aliphatic carbocycles. The lowest BCUT2D eigenvalue weighted by Gasteiger charge is -2.17. The number of anilines is 1. The van der Waals surface area contributed by atoms with Gasteiger partial charge in [-0.2, -0.15) is 8.42 Å². The molecule has 0 aromatic heterocycles. The fourth-order valence-corrected chi connectivity index (χ4v) is 3.44. The fourth-order valence-electron chi connectivity index (χ4n) is 2.33. The minimum absolute atomic E-state index is 0.0377. The Balaban J connectivity index is 1.68. The summed E-state index contributed by atoms with van der Waals surface area (Å²) in [4.78, 5) is 12.2. The molecule has 0 saturated carbocycles. The van der Waals surface area contributed by atoms with Crippen LogP contribution < -0.4 is 10.6 Å². The number of carbonyl (C=O) groups excluding carboxylic acids is 1. The van der Waals surface area contributed by atoms with Crippen LogP contribution in [-0.2, 0) is 21.2 Å². The van der Waals surface area contributed by atoms with Crippen molar-refractivity contribution in [2.24, 2.45) is 4.40 Å². The van der Waals surface area contributed by atoms with Crippen LogP contribution in [0.2, 0.25) is 0 Å². The maximum atomic E-state index is 12.1. The van der Waals surface area contributed by atoms with Crippen molar-refractivity contribution in [3.05, 3.63) is 54.1 Å². The number of phenols is 1. The number of benzene rings is 2. The average Bonchev–Trinajstić information content (AvgIpc) is 2.56. The molecule has 7 nitrogen and oxygen atoms in total. The number of fused-ring (bicyclic) bond motifs is 1. The van der Waals surface area contributed by atoms with Gasteiger partial charge < -0.3 is 15.7 Å². The molecular weight excluding hydrogens is 330 g/mol. The third kappa shape index (κ3) is 3.23. The maximum Gasteiger partial charge on any atom is 0.287 e. The van der Waals surface area contributed by atoms with Gasteiger partial charge in [-0.25, -0.2) is 0 Å². The van der Waals surface area contributed by atoms with E-state index < -0.39 is 15.9 Å². The summed E-state index contributed by atoms with van der Waals surface area (Å²) in [7, 11) is -3.90. The number of nitrogens with zero attached hydrogens (tertiary/aromatic N) is 1. The minimum Gasteiger partial charge on any atom is -0.508 e. The molecule has 1 heterocycles. The van der Waals surface area contributed by atoms with Gasteiger partial charge in [0.2, 0.25) is 5.84 Å². The summed E-state index contributed by atoms with van der Waals surface area (Å²) < 4.78 is 27.7. The van der Waals surface area contributed by atoms with E-state index in [-0.39, 0.29) is 23.0 Å². The Bertz CT molecular complexity index is 922. The lowest BCUT2D eigenvalue weighted by Crippen LogP contribution is -2.39. The summed E-state index contributed by atoms with van der Waals surface area (Å²) in [6.07, 6.45) is 0.412. The second kappa shape index (κ2) is 6.32. The van der Waals surface area contributed by atoms with E-state index in [4.69, 9.17) is 0 Å². The molecule has 8 heteroatoms. The van der Waals surface area contributed by atoms with E-state index in [2.05, 4.69) is 15.0 Å². The molecule has 2 aromatic carbocycles. The molecule has 3 N–H and O–H groups in total. The summed E-state index contributed by atoms with van der Waals surface area (Å²) in [5.74, 6) is -0.745. The Morgan fingerprint density at radius 1 is 1.12 bits per heavy atom. The number of sulfonamides is 1. The second-order valence-electron chi connectivity index (χ2n) is 5.17. The zero-order chi connectivity index (χ0) is 17.2. The highest BCUT2D eigenvalue weighted by Gasteiger charge is 2.27. The Morgan fingerprint density at radius 2 is 1.83 bits per heavy atom. The number of phenolic OH excluding ortho intramolecular Hbond substituents is 1. The highest BCUT2D eigenvalue weighted by atomic mass is 32.2. The van der Waals surface area contributed by atoms with Crippen LogP contribution in [0.5, 0.6) is 5.75 Å². The Hall–Kier alpha value is -2.87. The SMILES string of the molecule is O=C(NCCc1ccccc1O)C1=NS(=O)(=O)c2ccccc2N1. The van der Waals surface area contributed by atoms with Crippen molar-refractivity contribution >= 4 is 27.5 Å². The molecule has 0 saturated heterocycles. The van der Waals surface area contributed by atoms with Crippen LogP contribution in [0.25, 0.3) is 0 Å². The van der Waals surface area contributed by atoms with E-state index in [0.29, 0.717) is 17.7 Å². The Morgan fingerprint density at radius 3 is 2.62 bits per heavy atom. The van der Waals surface area contributed by atoms with Crippen LogP contribution in [0.15, 0.2) is 57.8 Å². The molecule has 0 radical (unpaired) electrons. The summed E-state index contributed by atoms with van der Waals surface area (Å²) in [5.41, 5.74) is 1.01. The topological polar surface area (TPSA) is 108 Å². The van der Waals surface area contributed by atoms with Crippen LogP contribution in [-0.4, -0.2) is 31.8 Å². The van der Waals surface area contributed by atoms with Crippen molar-refractivity contribution in [3.63, 3.8) is 0 Å². The molecule has 1 amide bonds. The number of hydrogen-bond acceptors (Lipinski definition) is 5. The van der Waals surface area contributed by atoms with E-state index >= 15 is 0 Å². The third-order valence-electron chi connectivity index (χ3n) is 3.52. The predicted molar refractivity (Wildman–Crippen MR) is 89.5 cm³/mol. The van der Waals surface area contributed by atoms with Crippen molar-refractivity contribution in [2.45, 2.75) is 11.3 Å². The molecule has 1 aliphatic rings. The maximum absolute atomic E-state index is 12.1. The molecule has 24 heavy (non-hydrogen) atoms. The lowest BCUT2D eigenvalue weighted by molar-refractivity contribution is -0.114. The first-order valence-electron chi connectivity index (χ1n) is 7.23. The molecule has 0 bridgehead atoms. The van der Waals surface area contributed by atoms with Gasteiger partial charge in [-0.3, -0.25) is 4.79 Å². The van der Waals surface area contributed by atoms with Gasteiger partial charge in [-0.05, 0) is 30.2 Å². The zero-order valence-corrected chi connectivity index (χ0v) is 13.4. The van der Waals surface area contributed by atoms with Gasteiger partial charge in [-0.15, -0.1) is 4.40 Å². The summed E-state index contributed by atoms with van der Waals surface area (Å²) >= 11 is 0. The third-order valence-corrected chi connectivity index (χ3v) is 4.85. The number of carbonyl (C=O) groups is 1. The average molecular weight is 345 g/mol. The van der Waals surface area contributed by atoms with Crippen molar-refractivity contribution < 1.29 is 18.3 Å². The standard InChI is InChI=1S/C16H15N3O4S/c20-13-7-3-1-5-11(13)9-10-17-16(21)15-18-12-6-2-4-8-14(12)24(22,23)19-15/h1-8,20H,9-10H2,(H,17,21)(H,18,19). The quantitative estimate of drug-likeness (QED) is 0.773. The van der Waals surface area contributed by atoms with Gasteiger partial charge in [0.1, 0.15) is 10.6 Å². The lowest BCUT2D eigenvalue weighted by atomic mass is 10.1. The molecule has 2 aromatic rings. The van der Waals surface area contributed by atoms with Gasteiger partial charge >= 0.3 is 0 Å². The van der Waals surface area contributed by atoms with E-state index in [1.165, 1.54) is 6.07 Å². The highest BCUT2D eigenvalue weighted by molar-refractivity contribution is 7.90. The van der Waals surface area contributed by atoms with Gasteiger partial charge in [0, 0.05) is 6.54 Å². The van der Waals surface area contributed by atoms with Gasteiger partial charge in [-0.1, -0.05) is 30.3 Å². The Labute approximate surface area is 139 Å². The first-order valence-corrected chi connectivity index (χ1v) is 8.67. The first-order chi connectivity index (χ1) is 11.5. The summed E-state index contributed by atoms with van der Waals surface area (Å²) in [5, 5.41) is 15.0. The van der Waals surface area contributed by atoms with Crippen LogP contribution in [0.4, 0.5) is 5.69 Å². The number of aromatic hydroxyl groups is 1. The summed E-state index contributed by atoms with van der Waals surface area (Å²) in [6.45, 7) is 0.235. The molecule has 0 unspecified atom stereocenters. The molecule has 0 atom stereocenters. The normalized spacial score (nSPS) is 14.9. The fraction of sp³-hybridized carbons (Fsp3) is 0.125. The molecule has 0 fully saturated rings. The van der Waals surface area contributed by atoms with Gasteiger partial charge in [0.05, 0.1) is 5.69 Å². The van der Waals surface area contributed by atoms with Crippen LogP contribution >= 0.6 is 0 Å². The predicted octanol–water partition coefficient (Wildman–Crippen LogP) is 1.26. The smallest absolute Gasteiger partial charge is 0.287 e. The second-order valence-corrected chi connectivity index (χ2v) is 6.74. The number of rotatable bonds is 4. The molecule has 1 aliphatic heterocycles. The van der Waals surface area contributed by atoms with Crippen molar-refractivity contribution in [1.29, 1.82) is 0 Å². The van der Waals surface area contributed by atoms with E-state index in [1.807, 2.05) is 0 Å². The van der Waals surface area contributed by atoms with Gasteiger partial charge in [0.25, 0.3) is 15.9 Å². The van der Waals surface area contributed by atoms with Crippen molar-refractivity contribution in [1.82, 2.24) is 5.32 Å². The summed E-state index contributed by atoms with van der Waals surface area (Å²) in [6, 6.07) is 13.1. The van der Waals surface area contributed by atoms with Crippen LogP contribution in [0, 0.1) is 0 Å². The number of amidine groups is 1. The van der Waals surface area contributed by atoms with Crippen molar-refractivity contribution in [2.75, 3.05) is 11.9 Å². The monoisotopic (exact) mass is 345 g/mol. The van der Waals surface area contributed by atoms with E-state index in [9.17, 15) is 18.3 Å². The molecule has 124 valence electrons. The minimum atomic E-state index is -3.90. The number of para-hydroxylation sites is 2. The largest absolute Gasteiger partial charge is 0.508 e. The van der Waals surface area contributed by atoms with E-state index in [1.54, 1.807) is 42.5 Å². The number of hydrogen-bond donors (Lipinski definition) is 3. The zero-order valence-electron chi connectivity index (χ0n) is 12.6. The van der Waals surface area contributed by atoms with Crippen molar-refractivity contribution in [3.8, 4) is 5.75 Å².